The normalized spacial score (nSPS) is 19.8. The van der Waals surface area contributed by atoms with E-state index in [9.17, 15) is 9.59 Å². The Morgan fingerprint density at radius 3 is 2.29 bits per heavy atom. The van der Waals surface area contributed by atoms with Crippen LogP contribution in [0.25, 0.3) is 0 Å². The van der Waals surface area contributed by atoms with Gasteiger partial charge in [0.05, 0.1) is 24.5 Å². The van der Waals surface area contributed by atoms with Crippen molar-refractivity contribution in [3.8, 4) is 5.75 Å². The van der Waals surface area contributed by atoms with E-state index in [4.69, 9.17) is 23.9 Å². The number of piperidine rings is 1. The molecule has 2 aromatic rings. The predicted molar refractivity (Wildman–Crippen MR) is 161 cm³/mol. The van der Waals surface area contributed by atoms with E-state index in [2.05, 4.69) is 17.9 Å². The number of morpholine rings is 1. The number of fused-ring (bicyclic) bond motifs is 2. The molecule has 4 heterocycles. The van der Waals surface area contributed by atoms with E-state index in [1.807, 2.05) is 59.7 Å². The van der Waals surface area contributed by atoms with Crippen LogP contribution >= 0.6 is 0 Å². The van der Waals surface area contributed by atoms with Gasteiger partial charge in [-0.2, -0.15) is 0 Å². The average molecular weight is 581 g/mol. The van der Waals surface area contributed by atoms with Crippen LogP contribution < -0.4 is 14.5 Å². The number of carbonyl (C=O) groups is 2. The average Bonchev–Trinajstić information content (AvgIpc) is 3.08. The van der Waals surface area contributed by atoms with Gasteiger partial charge in [-0.1, -0.05) is 6.07 Å². The molecule has 1 aromatic carbocycles. The molecule has 0 saturated carbocycles. The zero-order valence-electron chi connectivity index (χ0n) is 25.9. The number of aromatic nitrogens is 1. The molecule has 3 aliphatic heterocycles. The van der Waals surface area contributed by atoms with E-state index in [-0.39, 0.29) is 24.7 Å². The number of anilines is 3. The molecule has 5 rings (SSSR count). The molecule has 0 bridgehead atoms. The van der Waals surface area contributed by atoms with Crippen molar-refractivity contribution in [3.63, 3.8) is 0 Å². The summed E-state index contributed by atoms with van der Waals surface area (Å²) < 4.78 is 23.5. The maximum Gasteiger partial charge on any atom is 0.420 e. The fourth-order valence-electron chi connectivity index (χ4n) is 5.72. The first-order valence-corrected chi connectivity index (χ1v) is 14.9. The van der Waals surface area contributed by atoms with Gasteiger partial charge in [-0.05, 0) is 91.0 Å². The summed E-state index contributed by atoms with van der Waals surface area (Å²) in [6.45, 7) is 16.8. The van der Waals surface area contributed by atoms with E-state index in [0.29, 0.717) is 43.6 Å². The standard InChI is InChI=1S/C32H44N4O6/c1-21-19-39-17-16-35(21)25-10-13-33-28-24(25)20-40-27-9-8-23(18-26(27)36(28)30(38)42-32(5,6)7)22-11-14-34(15-12-22)29(37)41-31(2,3)4/h8-10,13,18,21-22H,11-12,14-17,19-20H2,1-7H3. The summed E-state index contributed by atoms with van der Waals surface area (Å²) in [7, 11) is 0. The molecule has 2 fully saturated rings. The molecular weight excluding hydrogens is 536 g/mol. The van der Waals surface area contributed by atoms with Crippen LogP contribution in [0.5, 0.6) is 5.75 Å². The summed E-state index contributed by atoms with van der Waals surface area (Å²) in [5, 5.41) is 0. The number of rotatable bonds is 2. The second-order valence-electron chi connectivity index (χ2n) is 13.3. The molecule has 0 radical (unpaired) electrons. The Labute approximate surface area is 248 Å². The summed E-state index contributed by atoms with van der Waals surface area (Å²) >= 11 is 0. The molecule has 0 aliphatic carbocycles. The van der Waals surface area contributed by atoms with Crippen LogP contribution in [-0.4, -0.2) is 72.2 Å². The van der Waals surface area contributed by atoms with E-state index in [1.165, 1.54) is 0 Å². The Morgan fingerprint density at radius 1 is 0.929 bits per heavy atom. The van der Waals surface area contributed by atoms with E-state index >= 15 is 0 Å². The number of likely N-dealkylation sites (tertiary alicyclic amines) is 1. The second-order valence-corrected chi connectivity index (χ2v) is 13.3. The zero-order valence-corrected chi connectivity index (χ0v) is 25.9. The number of ether oxygens (including phenoxy) is 4. The topological polar surface area (TPSA) is 93.7 Å². The highest BCUT2D eigenvalue weighted by Gasteiger charge is 2.36. The molecule has 2 saturated heterocycles. The van der Waals surface area contributed by atoms with E-state index in [0.717, 1.165) is 36.2 Å². The number of hydrogen-bond donors (Lipinski definition) is 0. The maximum atomic E-state index is 13.9. The number of amides is 2. The van der Waals surface area contributed by atoms with Crippen molar-refractivity contribution in [3.05, 3.63) is 41.6 Å². The predicted octanol–water partition coefficient (Wildman–Crippen LogP) is 6.39. The largest absolute Gasteiger partial charge is 0.486 e. The van der Waals surface area contributed by atoms with Crippen molar-refractivity contribution < 1.29 is 28.5 Å². The third kappa shape index (κ3) is 6.59. The summed E-state index contributed by atoms with van der Waals surface area (Å²) in [6, 6.07) is 8.17. The smallest absolute Gasteiger partial charge is 0.420 e. The quantitative estimate of drug-likeness (QED) is 0.404. The van der Waals surface area contributed by atoms with Crippen molar-refractivity contribution in [2.45, 2.75) is 91.1 Å². The summed E-state index contributed by atoms with van der Waals surface area (Å²) in [5.41, 5.74) is 2.27. The van der Waals surface area contributed by atoms with Crippen molar-refractivity contribution in [1.82, 2.24) is 9.88 Å². The van der Waals surface area contributed by atoms with Gasteiger partial charge in [0.25, 0.3) is 0 Å². The number of pyridine rings is 1. The molecular formula is C32H44N4O6. The molecule has 1 atom stereocenters. The number of nitrogens with zero attached hydrogens (tertiary/aromatic N) is 4. The Hall–Kier alpha value is -3.53. The highest BCUT2D eigenvalue weighted by atomic mass is 16.6. The molecule has 10 heteroatoms. The zero-order chi connectivity index (χ0) is 30.2. The van der Waals surface area contributed by atoms with Gasteiger partial charge < -0.3 is 28.7 Å². The Morgan fingerprint density at radius 2 is 1.62 bits per heavy atom. The minimum Gasteiger partial charge on any atom is -0.486 e. The first-order chi connectivity index (χ1) is 19.8. The van der Waals surface area contributed by atoms with Crippen LogP contribution in [0.4, 0.5) is 26.8 Å². The molecule has 228 valence electrons. The number of carbonyl (C=O) groups excluding carboxylic acids is 2. The lowest BCUT2D eigenvalue weighted by Crippen LogP contribution is -2.44. The van der Waals surface area contributed by atoms with Crippen molar-refractivity contribution >= 4 is 29.4 Å². The first kappa shape index (κ1) is 29.9. The molecule has 2 amide bonds. The van der Waals surface area contributed by atoms with Crippen molar-refractivity contribution in [2.24, 2.45) is 0 Å². The van der Waals surface area contributed by atoms with Gasteiger partial charge in [0.15, 0.2) is 5.82 Å². The van der Waals surface area contributed by atoms with Gasteiger partial charge in [-0.25, -0.2) is 19.5 Å². The van der Waals surface area contributed by atoms with Crippen molar-refractivity contribution in [1.29, 1.82) is 0 Å². The Bertz CT molecular complexity index is 1310. The lowest BCUT2D eigenvalue weighted by molar-refractivity contribution is 0.0204. The minimum atomic E-state index is -0.701. The van der Waals surface area contributed by atoms with E-state index in [1.54, 1.807) is 16.0 Å². The number of benzene rings is 1. The SMILES string of the molecule is CC1COCCN1c1ccnc2c1COc1ccc(C3CCN(C(=O)OC(C)(C)C)CC3)cc1N2C(=O)OC(C)(C)C. The van der Waals surface area contributed by atoms with Gasteiger partial charge in [-0.15, -0.1) is 0 Å². The highest BCUT2D eigenvalue weighted by Crippen LogP contribution is 2.44. The van der Waals surface area contributed by atoms with Gasteiger partial charge >= 0.3 is 12.2 Å². The van der Waals surface area contributed by atoms with Crippen LogP contribution in [0.3, 0.4) is 0 Å². The van der Waals surface area contributed by atoms with Crippen LogP contribution in [0, 0.1) is 0 Å². The van der Waals surface area contributed by atoms with Crippen LogP contribution in [-0.2, 0) is 20.8 Å². The fraction of sp³-hybridized carbons (Fsp3) is 0.594. The molecule has 0 N–H and O–H groups in total. The first-order valence-electron chi connectivity index (χ1n) is 14.9. The van der Waals surface area contributed by atoms with Gasteiger partial charge in [-0.3, -0.25) is 0 Å². The van der Waals surface area contributed by atoms with Gasteiger partial charge in [0.1, 0.15) is 23.6 Å². The van der Waals surface area contributed by atoms with Crippen LogP contribution in [0.1, 0.15) is 78.4 Å². The van der Waals surface area contributed by atoms with Gasteiger partial charge in [0, 0.05) is 37.6 Å². The summed E-state index contributed by atoms with van der Waals surface area (Å²) in [6.07, 6.45) is 2.54. The van der Waals surface area contributed by atoms with Crippen LogP contribution in [0.15, 0.2) is 30.5 Å². The maximum absolute atomic E-state index is 13.9. The summed E-state index contributed by atoms with van der Waals surface area (Å²) in [4.78, 5) is 36.8. The van der Waals surface area contributed by atoms with Crippen molar-refractivity contribution in [2.75, 3.05) is 42.6 Å². The van der Waals surface area contributed by atoms with Crippen LogP contribution in [0.2, 0.25) is 0 Å². The second kappa shape index (κ2) is 11.6. The minimum absolute atomic E-state index is 0.170. The lowest BCUT2D eigenvalue weighted by atomic mass is 9.89. The molecule has 0 spiro atoms. The van der Waals surface area contributed by atoms with E-state index < -0.39 is 17.3 Å². The monoisotopic (exact) mass is 580 g/mol. The third-order valence-corrected chi connectivity index (χ3v) is 7.69. The molecule has 10 nitrogen and oxygen atoms in total. The van der Waals surface area contributed by atoms with Gasteiger partial charge in [0.2, 0.25) is 0 Å². The number of hydrogen-bond acceptors (Lipinski definition) is 8. The molecule has 1 unspecified atom stereocenters. The molecule has 3 aliphatic rings. The Balaban J connectivity index is 1.48. The lowest BCUT2D eigenvalue weighted by Gasteiger charge is -2.37. The molecule has 1 aromatic heterocycles. The Kier molecular flexibility index (Phi) is 8.29. The molecule has 42 heavy (non-hydrogen) atoms. The third-order valence-electron chi connectivity index (χ3n) is 7.69. The highest BCUT2D eigenvalue weighted by molar-refractivity contribution is 5.99. The fourth-order valence-corrected chi connectivity index (χ4v) is 5.72. The summed E-state index contributed by atoms with van der Waals surface area (Å²) in [5.74, 6) is 1.32.